The molecule has 1 saturated heterocycles. The van der Waals surface area contributed by atoms with Crippen LogP contribution in [0.4, 0.5) is 8.78 Å². The van der Waals surface area contributed by atoms with Crippen molar-refractivity contribution in [2.24, 2.45) is 0 Å². The van der Waals surface area contributed by atoms with Gasteiger partial charge in [-0.1, -0.05) is 0 Å². The number of fused-ring (bicyclic) bond motifs is 1. The Bertz CT molecular complexity index is 1160. The van der Waals surface area contributed by atoms with Crippen molar-refractivity contribution in [1.82, 2.24) is 19.4 Å². The molecule has 4 heterocycles. The normalized spacial score (nSPS) is 14.3. The van der Waals surface area contributed by atoms with Crippen molar-refractivity contribution < 1.29 is 35.7 Å². The molecule has 0 radical (unpaired) electrons. The summed E-state index contributed by atoms with van der Waals surface area (Å²) in [6.07, 6.45) is 4.49. The number of hydrogen-bond donors (Lipinski definition) is 0. The van der Waals surface area contributed by atoms with Crippen molar-refractivity contribution >= 4 is 16.9 Å². The van der Waals surface area contributed by atoms with Gasteiger partial charge in [-0.15, -0.1) is 13.8 Å². The van der Waals surface area contributed by atoms with Gasteiger partial charge in [-0.3, -0.25) is 26.2 Å². The third kappa shape index (κ3) is 6.30. The van der Waals surface area contributed by atoms with Crippen molar-refractivity contribution in [3.05, 3.63) is 67.5 Å². The number of carbonyl (C=O) groups is 1. The monoisotopic (exact) mass is 630 g/mol. The van der Waals surface area contributed by atoms with E-state index in [1.807, 2.05) is 42.8 Å². The molecule has 0 aliphatic carbocycles. The van der Waals surface area contributed by atoms with Crippen molar-refractivity contribution in [3.8, 4) is 17.5 Å². The fourth-order valence-electron chi connectivity index (χ4n) is 3.36. The van der Waals surface area contributed by atoms with Gasteiger partial charge >= 0.3 is 22.1 Å². The minimum atomic E-state index is -2.68. The quantitative estimate of drug-likeness (QED) is 0.308. The zero-order chi connectivity index (χ0) is 23.3. The fourth-order valence-corrected chi connectivity index (χ4v) is 3.36. The Kier molecular flexibility index (Phi) is 8.96. The average molecular weight is 629 g/mol. The molecule has 3 aromatic rings. The van der Waals surface area contributed by atoms with Crippen molar-refractivity contribution in [2.75, 3.05) is 13.1 Å². The van der Waals surface area contributed by atoms with E-state index in [0.29, 0.717) is 35.5 Å². The molecule has 0 bridgehead atoms. The van der Waals surface area contributed by atoms with Gasteiger partial charge in [0.2, 0.25) is 0 Å². The van der Waals surface area contributed by atoms with Gasteiger partial charge in [0.25, 0.3) is 11.8 Å². The van der Waals surface area contributed by atoms with E-state index in [0.717, 1.165) is 17.0 Å². The van der Waals surface area contributed by atoms with Gasteiger partial charge in [0.05, 0.1) is 17.4 Å². The van der Waals surface area contributed by atoms with Crippen molar-refractivity contribution in [3.63, 3.8) is 0 Å². The summed E-state index contributed by atoms with van der Waals surface area (Å²) < 4.78 is 36.9. The molecule has 3 aromatic heterocycles. The van der Waals surface area contributed by atoms with Crippen LogP contribution in [0.15, 0.2) is 42.9 Å². The molecule has 0 spiro atoms. The Morgan fingerprint density at radius 3 is 2.42 bits per heavy atom. The molecule has 4 rings (SSSR count). The number of alkyl halides is 2. The van der Waals surface area contributed by atoms with E-state index < -0.39 is 5.92 Å². The number of piperidine rings is 1. The topological polar surface area (TPSA) is 68.1 Å². The van der Waals surface area contributed by atoms with E-state index in [1.165, 1.54) is 11.1 Å². The molecular weight excluding hydrogens is 605 g/mol. The van der Waals surface area contributed by atoms with Crippen molar-refractivity contribution in [2.45, 2.75) is 32.6 Å². The Labute approximate surface area is 202 Å². The molecule has 1 fully saturated rings. The third-order valence-electron chi connectivity index (χ3n) is 5.02. The summed E-state index contributed by atoms with van der Waals surface area (Å²) >= 11 is 0.611. The first-order chi connectivity index (χ1) is 15.3. The molecule has 0 aromatic carbocycles. The number of halogens is 2. The number of nitrogens with zero attached hydrogens (tertiary/aromatic N) is 4. The standard InChI is InChI=1S/C23H21F2N4O.CH3.O.Os/c1-16(2)3-4-19-5-6-20(15-26-19)29-10-7-17-13-18(14-27-21(17)29)22(30)28-11-8-23(24,25)9-12-28;;;/h5-7,10,13-15H,8-9,11-12H2,1-2H3;1H3;;/q2*-1;;. The Morgan fingerprint density at radius 2 is 1.82 bits per heavy atom. The van der Waals surface area contributed by atoms with Gasteiger partial charge in [-0.2, -0.15) is 5.92 Å². The summed E-state index contributed by atoms with van der Waals surface area (Å²) in [6, 6.07) is 7.38. The van der Waals surface area contributed by atoms with Gasteiger partial charge in [0, 0.05) is 49.4 Å². The van der Waals surface area contributed by atoms with E-state index in [2.05, 4.69) is 21.8 Å². The Balaban J connectivity index is 0.00000125. The summed E-state index contributed by atoms with van der Waals surface area (Å²) in [6.45, 7) is 4.00. The second kappa shape index (κ2) is 11.3. The number of likely N-dealkylation sites (tertiary alicyclic amines) is 1. The number of rotatable bonds is 2. The number of carbonyl (C=O) groups excluding carboxylic acids is 1. The van der Waals surface area contributed by atoms with Crippen LogP contribution in [0.1, 0.15) is 42.7 Å². The van der Waals surface area contributed by atoms with Crippen LogP contribution >= 0.6 is 0 Å². The zero-order valence-electron chi connectivity index (χ0n) is 18.6. The van der Waals surface area contributed by atoms with E-state index in [9.17, 15) is 13.6 Å². The molecular formula is C24H24F2N4O2Os-2. The third-order valence-corrected chi connectivity index (χ3v) is 5.02. The average Bonchev–Trinajstić information content (AvgIpc) is 3.22. The van der Waals surface area contributed by atoms with E-state index in [4.69, 9.17) is 3.54 Å². The molecule has 0 unspecified atom stereocenters. The van der Waals surface area contributed by atoms with Gasteiger partial charge in [-0.05, 0) is 24.3 Å². The summed E-state index contributed by atoms with van der Waals surface area (Å²) in [5, 5.41) is 0.795. The Hall–Kier alpha value is -2.96. The SMILES string of the molecule is C[C-](C)C#Cc1ccc(-n2ccc3cc(C(=O)N4CCC(F)(F)CC4)cnc32)cn1.[CH3-].[O]=[Os]. The maximum absolute atomic E-state index is 13.4. The summed E-state index contributed by atoms with van der Waals surface area (Å²) in [4.78, 5) is 23.0. The van der Waals surface area contributed by atoms with Gasteiger partial charge in [0.15, 0.2) is 0 Å². The second-order valence-electron chi connectivity index (χ2n) is 7.62. The van der Waals surface area contributed by atoms with E-state index in [1.54, 1.807) is 12.3 Å². The molecule has 0 saturated carbocycles. The molecule has 176 valence electrons. The maximum atomic E-state index is 13.4. The second-order valence-corrected chi connectivity index (χ2v) is 7.62. The molecule has 1 amide bonds. The first kappa shape index (κ1) is 26.3. The summed E-state index contributed by atoms with van der Waals surface area (Å²) in [5.41, 5.74) is 2.61. The zero-order valence-corrected chi connectivity index (χ0v) is 21.1. The Morgan fingerprint density at radius 1 is 1.12 bits per heavy atom. The molecule has 1 aliphatic rings. The van der Waals surface area contributed by atoms with Crippen LogP contribution in [0.25, 0.3) is 16.7 Å². The number of hydrogen-bond acceptors (Lipinski definition) is 4. The molecule has 0 N–H and O–H groups in total. The van der Waals surface area contributed by atoms with Crippen LogP contribution in [0.2, 0.25) is 0 Å². The molecule has 9 heteroatoms. The number of aromatic nitrogens is 3. The first-order valence-corrected chi connectivity index (χ1v) is 10.9. The van der Waals surface area contributed by atoms with Crippen LogP contribution in [0, 0.1) is 25.2 Å². The summed E-state index contributed by atoms with van der Waals surface area (Å²) in [5.74, 6) is 4.07. The van der Waals surface area contributed by atoms with Crippen LogP contribution in [-0.2, 0) is 22.1 Å². The molecule has 33 heavy (non-hydrogen) atoms. The number of amides is 1. The van der Waals surface area contributed by atoms with Crippen LogP contribution in [0.5, 0.6) is 0 Å². The predicted molar refractivity (Wildman–Crippen MR) is 118 cm³/mol. The van der Waals surface area contributed by atoms with Gasteiger partial charge < -0.3 is 12.3 Å². The fraction of sp³-hybridized carbons (Fsp3) is 0.292. The minimum absolute atomic E-state index is 0. The van der Waals surface area contributed by atoms with Crippen LogP contribution in [-0.4, -0.2) is 44.4 Å². The van der Waals surface area contributed by atoms with E-state index in [-0.39, 0.29) is 39.3 Å². The first-order valence-electron chi connectivity index (χ1n) is 9.90. The van der Waals surface area contributed by atoms with Crippen LogP contribution in [0.3, 0.4) is 0 Å². The van der Waals surface area contributed by atoms with Gasteiger partial charge in [-0.25, -0.2) is 13.8 Å². The van der Waals surface area contributed by atoms with Crippen LogP contribution < -0.4 is 0 Å². The summed E-state index contributed by atoms with van der Waals surface area (Å²) in [7, 11) is 0. The van der Waals surface area contributed by atoms with Gasteiger partial charge in [0.1, 0.15) is 5.65 Å². The molecule has 1 aliphatic heterocycles. The number of pyridine rings is 2. The predicted octanol–water partition coefficient (Wildman–Crippen LogP) is 4.59. The van der Waals surface area contributed by atoms with Crippen molar-refractivity contribution in [1.29, 1.82) is 0 Å². The molecule has 0 atom stereocenters. The van der Waals surface area contributed by atoms with E-state index >= 15 is 0 Å². The molecule has 6 nitrogen and oxygen atoms in total.